The van der Waals surface area contributed by atoms with Crippen LogP contribution >= 0.6 is 52.1 Å². The molecule has 1 fully saturated rings. The number of thioether (sulfide) groups is 1. The smallest absolute Gasteiger partial charge is 0.406 e. The van der Waals surface area contributed by atoms with E-state index in [1.807, 2.05) is 24.3 Å². The zero-order valence-electron chi connectivity index (χ0n) is 12.3. The molecule has 1 atom stereocenters. The first-order valence-corrected chi connectivity index (χ1v) is 9.30. The van der Waals surface area contributed by atoms with Crippen molar-refractivity contribution in [1.82, 2.24) is 5.32 Å². The Labute approximate surface area is 165 Å². The van der Waals surface area contributed by atoms with E-state index >= 15 is 0 Å². The van der Waals surface area contributed by atoms with Crippen LogP contribution in [0.5, 0.6) is 5.75 Å². The van der Waals surface area contributed by atoms with Gasteiger partial charge in [-0.15, -0.1) is 13.2 Å². The molecule has 0 spiro atoms. The molecule has 1 N–H and O–H groups in total. The topological polar surface area (TPSA) is 21.3 Å². The maximum Gasteiger partial charge on any atom is 0.573 e. The monoisotopic (exact) mass is 463 g/mol. The molecule has 0 aromatic heterocycles. The van der Waals surface area contributed by atoms with Crippen LogP contribution in [0.25, 0.3) is 0 Å². The predicted molar refractivity (Wildman–Crippen MR) is 104 cm³/mol. The van der Waals surface area contributed by atoms with Crippen LogP contribution in [0.1, 0.15) is 11.1 Å². The van der Waals surface area contributed by atoms with E-state index < -0.39 is 11.9 Å². The van der Waals surface area contributed by atoms with Crippen molar-refractivity contribution in [2.45, 2.75) is 11.9 Å². The van der Waals surface area contributed by atoms with Crippen LogP contribution in [-0.4, -0.2) is 14.9 Å². The Balaban J connectivity index is 2.07. The predicted octanol–water partition coefficient (Wildman–Crippen LogP) is 5.54. The quantitative estimate of drug-likeness (QED) is 0.601. The van der Waals surface area contributed by atoms with E-state index in [1.165, 1.54) is 23.9 Å². The Bertz CT molecular complexity index is 841. The summed E-state index contributed by atoms with van der Waals surface area (Å²) in [7, 11) is 0. The summed E-state index contributed by atoms with van der Waals surface area (Å²) < 4.78 is 43.0. The number of benzene rings is 2. The molecule has 1 heterocycles. The number of nitrogens with one attached hydrogen (secondary N) is 1. The van der Waals surface area contributed by atoms with Crippen LogP contribution < -0.4 is 10.1 Å². The Morgan fingerprint density at radius 1 is 1.04 bits per heavy atom. The third-order valence-electron chi connectivity index (χ3n) is 3.56. The summed E-state index contributed by atoms with van der Waals surface area (Å²) in [6, 6.07) is 13.1. The number of ether oxygens (including phenoxy) is 1. The van der Waals surface area contributed by atoms with Crippen molar-refractivity contribution >= 4 is 60.6 Å². The standard InChI is InChI=1S/C16H9BrF3NOS3/c17-11-3-1-2-10(8-11)15(13(23)25-14(24)21-15)9-4-6-12(7-5-9)22-16(18,19)20/h1-8H,(H,21,24). The lowest BCUT2D eigenvalue weighted by Gasteiger charge is -2.30. The number of hydrogen-bond donors (Lipinski definition) is 1. The van der Waals surface area contributed by atoms with Crippen molar-refractivity contribution in [3.05, 3.63) is 64.1 Å². The number of alkyl halides is 3. The molecule has 25 heavy (non-hydrogen) atoms. The maximum absolute atomic E-state index is 12.4. The molecular formula is C16H9BrF3NOS3. The zero-order valence-corrected chi connectivity index (χ0v) is 16.3. The Morgan fingerprint density at radius 3 is 2.24 bits per heavy atom. The van der Waals surface area contributed by atoms with Gasteiger partial charge in [0.2, 0.25) is 0 Å². The fourth-order valence-corrected chi connectivity index (χ4v) is 4.88. The average molecular weight is 464 g/mol. The molecule has 0 amide bonds. The first kappa shape index (κ1) is 18.6. The maximum atomic E-state index is 12.4. The summed E-state index contributed by atoms with van der Waals surface area (Å²) >= 11 is 15.5. The molecule has 1 aliphatic rings. The van der Waals surface area contributed by atoms with Gasteiger partial charge in [-0.2, -0.15) is 0 Å². The second-order valence-corrected chi connectivity index (χ2v) is 8.40. The largest absolute Gasteiger partial charge is 0.573 e. The van der Waals surface area contributed by atoms with Gasteiger partial charge in [0.15, 0.2) is 0 Å². The van der Waals surface area contributed by atoms with E-state index in [0.717, 1.165) is 10.0 Å². The summed E-state index contributed by atoms with van der Waals surface area (Å²) in [5.41, 5.74) is 0.624. The fraction of sp³-hybridized carbons (Fsp3) is 0.125. The molecule has 0 bridgehead atoms. The van der Waals surface area contributed by atoms with E-state index in [1.54, 1.807) is 12.1 Å². The first-order valence-electron chi connectivity index (χ1n) is 6.87. The van der Waals surface area contributed by atoms with E-state index in [4.69, 9.17) is 24.4 Å². The van der Waals surface area contributed by atoms with Crippen molar-refractivity contribution in [2.24, 2.45) is 0 Å². The lowest BCUT2D eigenvalue weighted by atomic mass is 9.84. The van der Waals surface area contributed by atoms with Gasteiger partial charge in [-0.1, -0.05) is 76.4 Å². The van der Waals surface area contributed by atoms with E-state index in [2.05, 4.69) is 26.0 Å². The van der Waals surface area contributed by atoms with Crippen LogP contribution in [0.3, 0.4) is 0 Å². The SMILES string of the molecule is FC(F)(F)Oc1ccc(C2(c3cccc(Br)c3)NC(=S)SC2=S)cc1. The van der Waals surface area contributed by atoms with Crippen LogP contribution in [0.4, 0.5) is 13.2 Å². The molecule has 2 aromatic rings. The second-order valence-electron chi connectivity index (χ2n) is 5.13. The number of hydrogen-bond acceptors (Lipinski definition) is 4. The molecular weight excluding hydrogens is 455 g/mol. The molecule has 1 unspecified atom stereocenters. The summed E-state index contributed by atoms with van der Waals surface area (Å²) in [5, 5.41) is 3.21. The molecule has 1 saturated heterocycles. The molecule has 1 aliphatic heterocycles. The Hall–Kier alpha value is -1.16. The third-order valence-corrected chi connectivity index (χ3v) is 5.74. The van der Waals surface area contributed by atoms with Gasteiger partial charge in [0.05, 0.1) is 4.20 Å². The lowest BCUT2D eigenvalue weighted by molar-refractivity contribution is -0.274. The Morgan fingerprint density at radius 2 is 1.72 bits per heavy atom. The van der Waals surface area contributed by atoms with Crippen LogP contribution in [0.2, 0.25) is 0 Å². The first-order chi connectivity index (χ1) is 11.7. The van der Waals surface area contributed by atoms with E-state index in [9.17, 15) is 13.2 Å². The third kappa shape index (κ3) is 3.84. The molecule has 130 valence electrons. The molecule has 9 heteroatoms. The van der Waals surface area contributed by atoms with Crippen molar-refractivity contribution in [3.63, 3.8) is 0 Å². The minimum Gasteiger partial charge on any atom is -0.406 e. The average Bonchev–Trinajstić information content (AvgIpc) is 2.82. The molecule has 3 rings (SSSR count). The van der Waals surface area contributed by atoms with Crippen molar-refractivity contribution in [2.75, 3.05) is 0 Å². The molecule has 0 radical (unpaired) electrons. The Kier molecular flexibility index (Phi) is 5.11. The summed E-state index contributed by atoms with van der Waals surface area (Å²) in [6.07, 6.45) is -4.73. The molecule has 0 aliphatic carbocycles. The fourth-order valence-electron chi connectivity index (χ4n) is 2.57. The van der Waals surface area contributed by atoms with Gasteiger partial charge in [-0.25, -0.2) is 0 Å². The van der Waals surface area contributed by atoms with Crippen LogP contribution in [0, 0.1) is 0 Å². The van der Waals surface area contributed by atoms with Crippen molar-refractivity contribution in [1.29, 1.82) is 0 Å². The normalized spacial score (nSPS) is 20.5. The molecule has 2 nitrogen and oxygen atoms in total. The van der Waals surface area contributed by atoms with Crippen LogP contribution in [0.15, 0.2) is 53.0 Å². The summed E-state index contributed by atoms with van der Waals surface area (Å²) in [5.74, 6) is -0.292. The number of halogens is 4. The lowest BCUT2D eigenvalue weighted by Crippen LogP contribution is -2.43. The van der Waals surface area contributed by atoms with Gasteiger partial charge in [-0.3, -0.25) is 0 Å². The number of thiocarbonyl (C=S) groups is 2. The van der Waals surface area contributed by atoms with Crippen LogP contribution in [-0.2, 0) is 5.54 Å². The van der Waals surface area contributed by atoms with Gasteiger partial charge in [0.1, 0.15) is 15.6 Å². The molecule has 2 aromatic carbocycles. The van der Waals surface area contributed by atoms with Gasteiger partial charge in [0, 0.05) is 4.47 Å². The van der Waals surface area contributed by atoms with Crippen molar-refractivity contribution < 1.29 is 17.9 Å². The number of rotatable bonds is 3. The van der Waals surface area contributed by atoms with Gasteiger partial charge in [0.25, 0.3) is 0 Å². The molecule has 0 saturated carbocycles. The minimum atomic E-state index is -4.73. The summed E-state index contributed by atoms with van der Waals surface area (Å²) in [4.78, 5) is 0. The van der Waals surface area contributed by atoms with Gasteiger partial charge < -0.3 is 10.1 Å². The van der Waals surface area contributed by atoms with Gasteiger partial charge in [-0.05, 0) is 35.4 Å². The minimum absolute atomic E-state index is 0.292. The van der Waals surface area contributed by atoms with Crippen molar-refractivity contribution in [3.8, 4) is 5.75 Å². The zero-order chi connectivity index (χ0) is 18.2. The highest BCUT2D eigenvalue weighted by molar-refractivity contribution is 9.10. The summed E-state index contributed by atoms with van der Waals surface area (Å²) in [6.45, 7) is 0. The van der Waals surface area contributed by atoms with Gasteiger partial charge >= 0.3 is 6.36 Å². The second kappa shape index (κ2) is 6.86. The highest BCUT2D eigenvalue weighted by Gasteiger charge is 2.45. The highest BCUT2D eigenvalue weighted by Crippen LogP contribution is 2.42. The van der Waals surface area contributed by atoms with E-state index in [0.29, 0.717) is 14.1 Å². The highest BCUT2D eigenvalue weighted by atomic mass is 79.9. The van der Waals surface area contributed by atoms with E-state index in [-0.39, 0.29) is 5.75 Å².